The molecule has 0 bridgehead atoms. The summed E-state index contributed by atoms with van der Waals surface area (Å²) in [5.74, 6) is 0. The summed E-state index contributed by atoms with van der Waals surface area (Å²) in [4.78, 5) is 0. The van der Waals surface area contributed by atoms with Gasteiger partial charge in [0.2, 0.25) is 6.33 Å². The molecule has 1 aromatic heterocycles. The molecule has 1 heterocycles. The Balaban J connectivity index is 2.20. The lowest BCUT2D eigenvalue weighted by Gasteiger charge is -2.14. The number of rotatable bonds is 18. The van der Waals surface area contributed by atoms with Crippen LogP contribution in [0.4, 0.5) is 0 Å². The molecule has 2 nitrogen and oxygen atoms in total. The van der Waals surface area contributed by atoms with E-state index in [1.165, 1.54) is 103 Å². The van der Waals surface area contributed by atoms with Crippen LogP contribution in [-0.4, -0.2) is 4.57 Å². The van der Waals surface area contributed by atoms with E-state index in [-0.39, 0.29) is 0 Å². The van der Waals surface area contributed by atoms with Crippen molar-refractivity contribution in [3.8, 4) is 0 Å². The Morgan fingerprint density at radius 1 is 0.846 bits per heavy atom. The molecule has 0 aliphatic heterocycles. The first-order chi connectivity index (χ1) is 12.8. The predicted molar refractivity (Wildman–Crippen MR) is 114 cm³/mol. The Bertz CT molecular complexity index is 435. The molecule has 0 N–H and O–H groups in total. The first-order valence-corrected chi connectivity index (χ1v) is 11.4. The summed E-state index contributed by atoms with van der Waals surface area (Å²) in [5.41, 5.74) is 0. The highest BCUT2D eigenvalue weighted by atomic mass is 15.1. The standard InChI is InChI=1S/C24H45N2/c1-4-6-8-10-12-14-16-18-20-24(26-22-21-25(3)23-26)19-17-15-13-11-9-7-5-2/h4,21-24H,1,5-20H2,2-3H3/q+1. The number of imidazole rings is 1. The van der Waals surface area contributed by atoms with E-state index in [9.17, 15) is 0 Å². The molecule has 1 unspecified atom stereocenters. The number of aromatic nitrogens is 2. The van der Waals surface area contributed by atoms with Crippen LogP contribution in [0, 0.1) is 0 Å². The zero-order valence-corrected chi connectivity index (χ0v) is 17.8. The summed E-state index contributed by atoms with van der Waals surface area (Å²) in [6, 6.07) is 0.701. The average molecular weight is 362 g/mol. The molecule has 26 heavy (non-hydrogen) atoms. The molecule has 150 valence electrons. The summed E-state index contributed by atoms with van der Waals surface area (Å²) in [5, 5.41) is 0. The predicted octanol–water partition coefficient (Wildman–Crippen LogP) is 7.30. The number of aryl methyl sites for hydroxylation is 1. The van der Waals surface area contributed by atoms with Gasteiger partial charge < -0.3 is 0 Å². The number of hydrogen-bond donors (Lipinski definition) is 0. The molecular formula is C24H45N2+. The maximum atomic E-state index is 3.80. The Morgan fingerprint density at radius 3 is 1.88 bits per heavy atom. The molecule has 0 spiro atoms. The van der Waals surface area contributed by atoms with Crippen molar-refractivity contribution in [2.24, 2.45) is 7.05 Å². The van der Waals surface area contributed by atoms with E-state index < -0.39 is 0 Å². The van der Waals surface area contributed by atoms with Gasteiger partial charge in [-0.2, -0.15) is 0 Å². The monoisotopic (exact) mass is 361 g/mol. The number of hydrogen-bond acceptors (Lipinski definition) is 0. The highest BCUT2D eigenvalue weighted by Crippen LogP contribution is 2.23. The molecule has 0 saturated heterocycles. The van der Waals surface area contributed by atoms with Crippen LogP contribution in [0.2, 0.25) is 0 Å². The van der Waals surface area contributed by atoms with Gasteiger partial charge in [0.25, 0.3) is 0 Å². The zero-order chi connectivity index (χ0) is 18.9. The van der Waals surface area contributed by atoms with Crippen molar-refractivity contribution < 1.29 is 4.57 Å². The van der Waals surface area contributed by atoms with Crippen LogP contribution in [0.25, 0.3) is 0 Å². The minimum Gasteiger partial charge on any atom is -0.240 e. The minimum absolute atomic E-state index is 0.701. The van der Waals surface area contributed by atoms with Crippen LogP contribution in [0.5, 0.6) is 0 Å². The largest absolute Gasteiger partial charge is 0.243 e. The lowest BCUT2D eigenvalue weighted by Crippen LogP contribution is -2.24. The molecule has 2 heteroatoms. The second-order valence-electron chi connectivity index (χ2n) is 8.08. The Kier molecular flexibility index (Phi) is 14.3. The van der Waals surface area contributed by atoms with E-state index in [1.54, 1.807) is 0 Å². The molecule has 1 atom stereocenters. The summed E-state index contributed by atoms with van der Waals surface area (Å²) >= 11 is 0. The van der Waals surface area contributed by atoms with Crippen molar-refractivity contribution in [1.82, 2.24) is 4.57 Å². The van der Waals surface area contributed by atoms with Crippen LogP contribution in [-0.2, 0) is 7.05 Å². The fraction of sp³-hybridized carbons (Fsp3) is 0.792. The van der Waals surface area contributed by atoms with Gasteiger partial charge in [-0.25, -0.2) is 9.13 Å². The molecule has 0 aromatic carbocycles. The van der Waals surface area contributed by atoms with Crippen molar-refractivity contribution >= 4 is 0 Å². The summed E-state index contributed by atoms with van der Waals surface area (Å²) in [7, 11) is 2.13. The fourth-order valence-corrected chi connectivity index (χ4v) is 3.84. The SMILES string of the molecule is C=CCCCCCCCCC(CCCCCCCCC)n1cc[n+](C)c1. The smallest absolute Gasteiger partial charge is 0.240 e. The molecule has 0 radical (unpaired) electrons. The fourth-order valence-electron chi connectivity index (χ4n) is 3.84. The van der Waals surface area contributed by atoms with Crippen LogP contribution in [0.1, 0.15) is 116 Å². The highest BCUT2D eigenvalue weighted by molar-refractivity contribution is 4.75. The van der Waals surface area contributed by atoms with Gasteiger partial charge in [0.15, 0.2) is 0 Å². The van der Waals surface area contributed by atoms with Crippen molar-refractivity contribution in [2.75, 3.05) is 0 Å². The Morgan fingerprint density at radius 2 is 1.38 bits per heavy atom. The van der Waals surface area contributed by atoms with Crippen LogP contribution >= 0.6 is 0 Å². The van der Waals surface area contributed by atoms with Crippen LogP contribution in [0.3, 0.4) is 0 Å². The number of allylic oxidation sites excluding steroid dienone is 1. The van der Waals surface area contributed by atoms with Crippen LogP contribution < -0.4 is 4.57 Å². The minimum atomic E-state index is 0.701. The van der Waals surface area contributed by atoms with Crippen molar-refractivity contribution in [3.05, 3.63) is 31.4 Å². The maximum absolute atomic E-state index is 3.80. The van der Waals surface area contributed by atoms with Gasteiger partial charge in [-0.05, 0) is 38.5 Å². The van der Waals surface area contributed by atoms with Gasteiger partial charge in [-0.15, -0.1) is 6.58 Å². The second kappa shape index (κ2) is 16.1. The van der Waals surface area contributed by atoms with E-state index >= 15 is 0 Å². The third-order valence-electron chi connectivity index (χ3n) is 5.55. The molecule has 1 rings (SSSR count). The topological polar surface area (TPSA) is 8.81 Å². The molecule has 0 aliphatic rings. The van der Waals surface area contributed by atoms with Crippen molar-refractivity contribution in [3.63, 3.8) is 0 Å². The third kappa shape index (κ3) is 11.5. The van der Waals surface area contributed by atoms with Crippen molar-refractivity contribution in [2.45, 2.75) is 116 Å². The van der Waals surface area contributed by atoms with E-state index in [4.69, 9.17) is 0 Å². The zero-order valence-electron chi connectivity index (χ0n) is 17.8. The van der Waals surface area contributed by atoms with Crippen LogP contribution in [0.15, 0.2) is 31.4 Å². The molecule has 1 aromatic rings. The number of unbranched alkanes of at least 4 members (excludes halogenated alkanes) is 12. The first-order valence-electron chi connectivity index (χ1n) is 11.4. The average Bonchev–Trinajstić information content (AvgIpc) is 3.07. The first kappa shape index (κ1) is 23.0. The normalized spacial score (nSPS) is 12.4. The summed E-state index contributed by atoms with van der Waals surface area (Å²) in [6.07, 6.45) is 30.8. The van der Waals surface area contributed by atoms with E-state index in [1.807, 2.05) is 6.08 Å². The summed E-state index contributed by atoms with van der Waals surface area (Å²) in [6.45, 7) is 6.10. The van der Waals surface area contributed by atoms with Gasteiger partial charge >= 0.3 is 0 Å². The highest BCUT2D eigenvalue weighted by Gasteiger charge is 2.15. The second-order valence-corrected chi connectivity index (χ2v) is 8.08. The lowest BCUT2D eigenvalue weighted by atomic mass is 9.99. The van der Waals surface area contributed by atoms with Gasteiger partial charge in [0, 0.05) is 0 Å². The summed E-state index contributed by atoms with van der Waals surface area (Å²) < 4.78 is 4.64. The molecule has 0 saturated carbocycles. The van der Waals surface area contributed by atoms with E-state index in [2.05, 4.69) is 48.4 Å². The molecule has 0 amide bonds. The van der Waals surface area contributed by atoms with Gasteiger partial charge in [-0.3, -0.25) is 0 Å². The maximum Gasteiger partial charge on any atom is 0.243 e. The van der Waals surface area contributed by atoms with Gasteiger partial charge in [0.05, 0.1) is 7.05 Å². The van der Waals surface area contributed by atoms with Crippen molar-refractivity contribution in [1.29, 1.82) is 0 Å². The Hall–Kier alpha value is -1.05. The van der Waals surface area contributed by atoms with Gasteiger partial charge in [0.1, 0.15) is 18.4 Å². The van der Waals surface area contributed by atoms with E-state index in [0.29, 0.717) is 6.04 Å². The molecule has 0 fully saturated rings. The molecule has 0 aliphatic carbocycles. The number of nitrogens with zero attached hydrogens (tertiary/aromatic N) is 2. The molecular weight excluding hydrogens is 316 g/mol. The van der Waals surface area contributed by atoms with E-state index in [0.717, 1.165) is 0 Å². The quantitative estimate of drug-likeness (QED) is 0.147. The lowest BCUT2D eigenvalue weighted by molar-refractivity contribution is -0.671. The van der Waals surface area contributed by atoms with Gasteiger partial charge in [-0.1, -0.05) is 77.2 Å². The Labute approximate surface area is 163 Å². The third-order valence-corrected chi connectivity index (χ3v) is 5.55.